The molecule has 0 aliphatic carbocycles. The van der Waals surface area contributed by atoms with Gasteiger partial charge in [0.2, 0.25) is 0 Å². The van der Waals surface area contributed by atoms with Crippen molar-refractivity contribution in [2.45, 2.75) is 18.9 Å². The van der Waals surface area contributed by atoms with Crippen LogP contribution in [-0.4, -0.2) is 42.5 Å². The molecule has 5 nitrogen and oxygen atoms in total. The summed E-state index contributed by atoms with van der Waals surface area (Å²) in [7, 11) is 1.53. The Bertz CT molecular complexity index is 439. The number of carbonyl (C=O) groups is 1. The van der Waals surface area contributed by atoms with Crippen LogP contribution in [0.3, 0.4) is 0 Å². The zero-order valence-electron chi connectivity index (χ0n) is 10.3. The first-order valence-electron chi connectivity index (χ1n) is 5.96. The van der Waals surface area contributed by atoms with Gasteiger partial charge < -0.3 is 19.8 Å². The average molecular weight is 251 g/mol. The topological polar surface area (TPSA) is 70.0 Å². The molecule has 0 saturated carbocycles. The highest BCUT2D eigenvalue weighted by Gasteiger charge is 2.20. The van der Waals surface area contributed by atoms with E-state index in [2.05, 4.69) is 4.90 Å². The van der Waals surface area contributed by atoms with Crippen LogP contribution < -0.4 is 9.64 Å². The van der Waals surface area contributed by atoms with E-state index in [9.17, 15) is 9.90 Å². The van der Waals surface area contributed by atoms with Crippen molar-refractivity contribution in [3.63, 3.8) is 0 Å². The lowest BCUT2D eigenvalue weighted by Gasteiger charge is -2.32. The highest BCUT2D eigenvalue weighted by molar-refractivity contribution is 5.89. The minimum Gasteiger partial charge on any atom is -0.495 e. The monoisotopic (exact) mass is 251 g/mol. The summed E-state index contributed by atoms with van der Waals surface area (Å²) in [5.41, 5.74) is 1.10. The lowest BCUT2D eigenvalue weighted by Crippen LogP contribution is -2.36. The Morgan fingerprint density at radius 2 is 2.06 bits per heavy atom. The van der Waals surface area contributed by atoms with Crippen molar-refractivity contribution in [3.8, 4) is 5.75 Å². The maximum absolute atomic E-state index is 10.9. The summed E-state index contributed by atoms with van der Waals surface area (Å²) in [6.07, 6.45) is 1.22. The molecule has 1 heterocycles. The Balaban J connectivity index is 2.24. The van der Waals surface area contributed by atoms with Crippen molar-refractivity contribution in [3.05, 3.63) is 23.8 Å². The predicted molar refractivity (Wildman–Crippen MR) is 67.4 cm³/mol. The van der Waals surface area contributed by atoms with Crippen molar-refractivity contribution in [1.29, 1.82) is 0 Å². The molecule has 5 heteroatoms. The molecule has 1 aromatic rings. The van der Waals surface area contributed by atoms with E-state index in [1.807, 2.05) is 0 Å². The van der Waals surface area contributed by atoms with Crippen LogP contribution in [0.15, 0.2) is 18.2 Å². The molecule has 1 saturated heterocycles. The molecule has 2 N–H and O–H groups in total. The quantitative estimate of drug-likeness (QED) is 0.848. The van der Waals surface area contributed by atoms with Crippen LogP contribution >= 0.6 is 0 Å². The van der Waals surface area contributed by atoms with Gasteiger partial charge in [0.05, 0.1) is 24.5 Å². The molecule has 0 radical (unpaired) electrons. The normalized spacial score (nSPS) is 16.7. The number of aliphatic hydroxyl groups excluding tert-OH is 1. The molecule has 1 aromatic carbocycles. The number of hydrogen-bond donors (Lipinski definition) is 2. The highest BCUT2D eigenvalue weighted by atomic mass is 16.5. The number of carboxylic acid groups (broad SMARTS) is 1. The smallest absolute Gasteiger partial charge is 0.335 e. The minimum absolute atomic E-state index is 0.215. The van der Waals surface area contributed by atoms with E-state index < -0.39 is 5.97 Å². The van der Waals surface area contributed by atoms with Gasteiger partial charge in [0.25, 0.3) is 0 Å². The number of ether oxygens (including phenoxy) is 1. The summed E-state index contributed by atoms with van der Waals surface area (Å²) in [5.74, 6) is -0.403. The number of aromatic carboxylic acids is 1. The van der Waals surface area contributed by atoms with Gasteiger partial charge in [0.1, 0.15) is 5.75 Å². The number of benzene rings is 1. The van der Waals surface area contributed by atoms with Gasteiger partial charge in [-0.1, -0.05) is 0 Å². The third-order valence-electron chi connectivity index (χ3n) is 3.23. The largest absolute Gasteiger partial charge is 0.495 e. The number of aliphatic hydroxyl groups is 1. The van der Waals surface area contributed by atoms with E-state index in [1.54, 1.807) is 12.1 Å². The highest BCUT2D eigenvalue weighted by Crippen LogP contribution is 2.31. The molecular formula is C13H17NO4. The van der Waals surface area contributed by atoms with Crippen molar-refractivity contribution >= 4 is 11.7 Å². The van der Waals surface area contributed by atoms with Crippen LogP contribution in [-0.2, 0) is 0 Å². The van der Waals surface area contributed by atoms with Gasteiger partial charge in [-0.3, -0.25) is 0 Å². The van der Waals surface area contributed by atoms with Crippen LogP contribution in [0, 0.1) is 0 Å². The molecule has 0 spiro atoms. The summed E-state index contributed by atoms with van der Waals surface area (Å²) in [6, 6.07) is 4.87. The van der Waals surface area contributed by atoms with E-state index in [0.29, 0.717) is 5.75 Å². The molecule has 0 bridgehead atoms. The van der Waals surface area contributed by atoms with Gasteiger partial charge in [0.15, 0.2) is 0 Å². The SMILES string of the molecule is COc1cc(C(=O)O)ccc1N1CCC(O)CC1. The number of anilines is 1. The van der Waals surface area contributed by atoms with E-state index >= 15 is 0 Å². The maximum atomic E-state index is 10.9. The summed E-state index contributed by atoms with van der Waals surface area (Å²) in [4.78, 5) is 13.0. The van der Waals surface area contributed by atoms with Gasteiger partial charge in [-0.15, -0.1) is 0 Å². The Morgan fingerprint density at radius 1 is 1.39 bits per heavy atom. The Labute approximate surface area is 106 Å². The Kier molecular flexibility index (Phi) is 3.72. The molecule has 18 heavy (non-hydrogen) atoms. The fourth-order valence-corrected chi connectivity index (χ4v) is 2.18. The first-order chi connectivity index (χ1) is 8.61. The van der Waals surface area contributed by atoms with Gasteiger partial charge in [0, 0.05) is 13.1 Å². The molecule has 0 atom stereocenters. The second-order valence-corrected chi connectivity index (χ2v) is 4.41. The van der Waals surface area contributed by atoms with Crippen molar-refractivity contribution in [1.82, 2.24) is 0 Å². The third kappa shape index (κ3) is 2.56. The first kappa shape index (κ1) is 12.7. The summed E-state index contributed by atoms with van der Waals surface area (Å²) < 4.78 is 5.25. The third-order valence-corrected chi connectivity index (χ3v) is 3.23. The van der Waals surface area contributed by atoms with Crippen molar-refractivity contribution in [2.24, 2.45) is 0 Å². The Hall–Kier alpha value is -1.75. The first-order valence-corrected chi connectivity index (χ1v) is 5.96. The van der Waals surface area contributed by atoms with Crippen LogP contribution in [0.5, 0.6) is 5.75 Å². The number of methoxy groups -OCH3 is 1. The van der Waals surface area contributed by atoms with Gasteiger partial charge >= 0.3 is 5.97 Å². The molecule has 1 fully saturated rings. The van der Waals surface area contributed by atoms with E-state index in [4.69, 9.17) is 9.84 Å². The van der Waals surface area contributed by atoms with Gasteiger partial charge in [-0.05, 0) is 31.0 Å². The molecular weight excluding hydrogens is 234 g/mol. The van der Waals surface area contributed by atoms with Crippen LogP contribution in [0.2, 0.25) is 0 Å². The maximum Gasteiger partial charge on any atom is 0.335 e. The number of carboxylic acids is 1. The lowest BCUT2D eigenvalue weighted by atomic mass is 10.1. The minimum atomic E-state index is -0.964. The molecule has 1 aliphatic heterocycles. The predicted octanol–water partition coefficient (Wildman–Crippen LogP) is 1.35. The zero-order chi connectivity index (χ0) is 13.1. The number of rotatable bonds is 3. The standard InChI is InChI=1S/C13H17NO4/c1-18-12-8-9(13(16)17)2-3-11(12)14-6-4-10(15)5-7-14/h2-3,8,10,15H,4-7H2,1H3,(H,16,17). The Morgan fingerprint density at radius 3 is 2.61 bits per heavy atom. The van der Waals surface area contributed by atoms with Crippen LogP contribution in [0.1, 0.15) is 23.2 Å². The fraction of sp³-hybridized carbons (Fsp3) is 0.462. The van der Waals surface area contributed by atoms with Gasteiger partial charge in [-0.2, -0.15) is 0 Å². The lowest BCUT2D eigenvalue weighted by molar-refractivity contribution is 0.0696. The second-order valence-electron chi connectivity index (χ2n) is 4.41. The molecule has 0 amide bonds. The van der Waals surface area contributed by atoms with Crippen molar-refractivity contribution in [2.75, 3.05) is 25.1 Å². The molecule has 0 unspecified atom stereocenters. The van der Waals surface area contributed by atoms with Crippen molar-refractivity contribution < 1.29 is 19.7 Å². The summed E-state index contributed by atoms with van der Waals surface area (Å²) in [5, 5.41) is 18.4. The second kappa shape index (κ2) is 5.27. The average Bonchev–Trinajstić information content (AvgIpc) is 2.39. The van der Waals surface area contributed by atoms with E-state index in [0.717, 1.165) is 31.6 Å². The van der Waals surface area contributed by atoms with E-state index in [1.165, 1.54) is 13.2 Å². The number of piperidine rings is 1. The molecule has 0 aromatic heterocycles. The molecule has 2 rings (SSSR count). The molecule has 98 valence electrons. The summed E-state index contributed by atoms with van der Waals surface area (Å²) in [6.45, 7) is 1.51. The van der Waals surface area contributed by atoms with Gasteiger partial charge in [-0.25, -0.2) is 4.79 Å². The number of nitrogens with zero attached hydrogens (tertiary/aromatic N) is 1. The number of hydrogen-bond acceptors (Lipinski definition) is 4. The van der Waals surface area contributed by atoms with Crippen LogP contribution in [0.4, 0.5) is 5.69 Å². The van der Waals surface area contributed by atoms with E-state index in [-0.39, 0.29) is 11.7 Å². The summed E-state index contributed by atoms with van der Waals surface area (Å²) >= 11 is 0. The fourth-order valence-electron chi connectivity index (χ4n) is 2.18. The molecule has 1 aliphatic rings. The van der Waals surface area contributed by atoms with Crippen LogP contribution in [0.25, 0.3) is 0 Å². The zero-order valence-corrected chi connectivity index (χ0v) is 10.3.